The lowest BCUT2D eigenvalue weighted by Gasteiger charge is -2.46. The highest BCUT2D eigenvalue weighted by molar-refractivity contribution is 5.72. The van der Waals surface area contributed by atoms with E-state index in [0.29, 0.717) is 6.04 Å². The van der Waals surface area contributed by atoms with Crippen molar-refractivity contribution < 1.29 is 4.79 Å². The van der Waals surface area contributed by atoms with Crippen LogP contribution in [0.15, 0.2) is 0 Å². The first-order valence-electron chi connectivity index (χ1n) is 5.58. The van der Waals surface area contributed by atoms with Crippen molar-refractivity contribution in [3.05, 3.63) is 0 Å². The maximum atomic E-state index is 9.44. The summed E-state index contributed by atoms with van der Waals surface area (Å²) in [6.45, 7) is 14.2. The summed E-state index contributed by atoms with van der Waals surface area (Å²) in [4.78, 5) is 9.44. The lowest BCUT2D eigenvalue weighted by atomic mass is 9.90. The molecule has 1 aliphatic heterocycles. The molecule has 1 atom stereocenters. The van der Waals surface area contributed by atoms with E-state index in [0.717, 1.165) is 0 Å². The van der Waals surface area contributed by atoms with Crippen LogP contribution >= 0.6 is 0 Å². The fourth-order valence-electron chi connectivity index (χ4n) is 2.37. The van der Waals surface area contributed by atoms with Crippen LogP contribution in [0.5, 0.6) is 0 Å². The third-order valence-electron chi connectivity index (χ3n) is 2.07. The van der Waals surface area contributed by atoms with Crippen molar-refractivity contribution in [3.63, 3.8) is 0 Å². The van der Waals surface area contributed by atoms with Crippen LogP contribution in [0.4, 0.5) is 0 Å². The highest BCUT2D eigenvalue weighted by Gasteiger charge is 2.34. The van der Waals surface area contributed by atoms with Gasteiger partial charge in [0.25, 0.3) is 0 Å². The molecular weight excluding hydrogens is 188 g/mol. The molecule has 1 rings (SSSR count). The average molecular weight is 214 g/mol. The van der Waals surface area contributed by atoms with Crippen LogP contribution in [0.3, 0.4) is 0 Å². The van der Waals surface area contributed by atoms with Gasteiger partial charge in [-0.1, -0.05) is 0 Å². The van der Waals surface area contributed by atoms with E-state index in [1.807, 2.05) is 0 Å². The molecule has 2 N–H and O–H groups in total. The second kappa shape index (κ2) is 5.08. The molecule has 1 unspecified atom stereocenters. The number of Topliss-reactive ketones (excluding diaryl/α,β-unsaturated/α-hetero) is 1. The molecule has 1 fully saturated rings. The first-order chi connectivity index (χ1) is 6.54. The van der Waals surface area contributed by atoms with E-state index in [1.165, 1.54) is 20.3 Å². The number of ketones is 1. The minimum Gasteiger partial charge on any atom is -0.300 e. The van der Waals surface area contributed by atoms with Crippen LogP contribution in [0.1, 0.15) is 54.9 Å². The predicted octanol–water partition coefficient (Wildman–Crippen LogP) is 2.07. The van der Waals surface area contributed by atoms with Gasteiger partial charge in [0, 0.05) is 11.6 Å². The van der Waals surface area contributed by atoms with Gasteiger partial charge in [0.2, 0.25) is 0 Å². The third kappa shape index (κ3) is 7.51. The zero-order chi connectivity index (χ0) is 12.3. The molecule has 3 nitrogen and oxygen atoms in total. The maximum Gasteiger partial charge on any atom is 0.126 e. The van der Waals surface area contributed by atoms with Gasteiger partial charge >= 0.3 is 0 Å². The van der Waals surface area contributed by atoms with Gasteiger partial charge in [-0.3, -0.25) is 10.6 Å². The maximum absolute atomic E-state index is 9.44. The average Bonchev–Trinajstić information content (AvgIpc) is 1.73. The van der Waals surface area contributed by atoms with E-state index in [2.05, 4.69) is 45.3 Å². The second-order valence-electron chi connectivity index (χ2n) is 5.79. The monoisotopic (exact) mass is 214 g/mol. The normalized spacial score (nSPS) is 27.5. The number of carbonyl (C=O) groups is 1. The van der Waals surface area contributed by atoms with Crippen molar-refractivity contribution in [2.75, 3.05) is 0 Å². The van der Waals surface area contributed by atoms with E-state index < -0.39 is 0 Å². The summed E-state index contributed by atoms with van der Waals surface area (Å²) < 4.78 is 0. The Labute approximate surface area is 94.0 Å². The van der Waals surface area contributed by atoms with Gasteiger partial charge in [-0.2, -0.15) is 0 Å². The molecule has 90 valence electrons. The zero-order valence-electron chi connectivity index (χ0n) is 11.2. The molecule has 0 aromatic rings. The quantitative estimate of drug-likeness (QED) is 0.648. The summed E-state index contributed by atoms with van der Waals surface area (Å²) >= 11 is 0. The van der Waals surface area contributed by atoms with Crippen molar-refractivity contribution in [1.82, 2.24) is 10.6 Å². The van der Waals surface area contributed by atoms with Crippen LogP contribution in [0, 0.1) is 0 Å². The van der Waals surface area contributed by atoms with E-state index >= 15 is 0 Å². The Hall–Kier alpha value is -0.410. The summed E-state index contributed by atoms with van der Waals surface area (Å²) in [5.41, 5.74) is 0.356. The molecular formula is C12H26N2O. The molecule has 0 spiro atoms. The highest BCUT2D eigenvalue weighted by atomic mass is 16.1. The molecule has 0 bridgehead atoms. The van der Waals surface area contributed by atoms with E-state index in [9.17, 15) is 4.79 Å². The Morgan fingerprint density at radius 1 is 1.20 bits per heavy atom. The first-order valence-corrected chi connectivity index (χ1v) is 5.58. The zero-order valence-corrected chi connectivity index (χ0v) is 11.2. The minimum atomic E-state index is 0.0845. The molecule has 0 radical (unpaired) electrons. The Balaban J connectivity index is 0.000000423. The summed E-state index contributed by atoms with van der Waals surface area (Å²) in [7, 11) is 0. The molecule has 0 amide bonds. The summed E-state index contributed by atoms with van der Waals surface area (Å²) in [6.07, 6.45) is 1.19. The second-order valence-corrected chi connectivity index (χ2v) is 5.79. The number of hydrogen-bond donors (Lipinski definition) is 2. The molecule has 0 saturated carbocycles. The molecule has 15 heavy (non-hydrogen) atoms. The summed E-state index contributed by atoms with van der Waals surface area (Å²) in [6, 6.07) is 0.612. The lowest BCUT2D eigenvalue weighted by Crippen LogP contribution is -2.67. The molecule has 0 aromatic carbocycles. The van der Waals surface area contributed by atoms with Gasteiger partial charge < -0.3 is 4.79 Å². The number of hydrogen-bond acceptors (Lipinski definition) is 3. The van der Waals surface area contributed by atoms with Crippen LogP contribution in [0.25, 0.3) is 0 Å². The van der Waals surface area contributed by atoms with Gasteiger partial charge in [0.05, 0.1) is 5.66 Å². The minimum absolute atomic E-state index is 0.0845. The highest BCUT2D eigenvalue weighted by Crippen LogP contribution is 2.21. The summed E-state index contributed by atoms with van der Waals surface area (Å²) in [5, 5.41) is 7.05. The van der Waals surface area contributed by atoms with Gasteiger partial charge in [-0.15, -0.1) is 0 Å². The first kappa shape index (κ1) is 14.6. The molecule has 1 heterocycles. The van der Waals surface area contributed by atoms with Crippen molar-refractivity contribution in [3.8, 4) is 0 Å². The van der Waals surface area contributed by atoms with Crippen molar-refractivity contribution in [1.29, 1.82) is 0 Å². The molecule has 0 aromatic heterocycles. The Kier molecular flexibility index (Phi) is 4.94. The topological polar surface area (TPSA) is 41.1 Å². The largest absolute Gasteiger partial charge is 0.300 e. The van der Waals surface area contributed by atoms with Crippen LogP contribution in [-0.2, 0) is 4.79 Å². The number of nitrogens with one attached hydrogen (secondary N) is 2. The van der Waals surface area contributed by atoms with E-state index in [4.69, 9.17) is 0 Å². The lowest BCUT2D eigenvalue weighted by molar-refractivity contribution is -0.114. The van der Waals surface area contributed by atoms with Crippen molar-refractivity contribution >= 4 is 5.78 Å². The predicted molar refractivity (Wildman–Crippen MR) is 64.9 cm³/mol. The standard InChI is InChI=1S/C9H20N2.C3H6O/c1-7-6-8(2,3)11-9(4,5)10-7;1-3(2)4/h7,10-11H,6H2,1-5H3;1-2H3. The Morgan fingerprint density at radius 2 is 1.60 bits per heavy atom. The molecule has 3 heteroatoms. The van der Waals surface area contributed by atoms with Gasteiger partial charge in [-0.05, 0) is 54.9 Å². The van der Waals surface area contributed by atoms with Gasteiger partial charge in [0.1, 0.15) is 5.78 Å². The smallest absolute Gasteiger partial charge is 0.126 e. The molecule has 1 aliphatic rings. The molecule has 0 aliphatic carbocycles. The van der Waals surface area contributed by atoms with Crippen LogP contribution in [-0.4, -0.2) is 23.0 Å². The Morgan fingerprint density at radius 3 is 1.87 bits per heavy atom. The number of rotatable bonds is 0. The Bertz CT molecular complexity index is 202. The van der Waals surface area contributed by atoms with Gasteiger partial charge in [-0.25, -0.2) is 0 Å². The van der Waals surface area contributed by atoms with E-state index in [-0.39, 0.29) is 17.0 Å². The number of carbonyl (C=O) groups excluding carboxylic acids is 1. The van der Waals surface area contributed by atoms with Gasteiger partial charge in [0.15, 0.2) is 0 Å². The summed E-state index contributed by atoms with van der Waals surface area (Å²) in [5.74, 6) is 0.167. The molecule has 1 saturated heterocycles. The van der Waals surface area contributed by atoms with Crippen LogP contribution < -0.4 is 10.6 Å². The van der Waals surface area contributed by atoms with Crippen molar-refractivity contribution in [2.24, 2.45) is 0 Å². The van der Waals surface area contributed by atoms with Crippen LogP contribution in [0.2, 0.25) is 0 Å². The van der Waals surface area contributed by atoms with E-state index in [1.54, 1.807) is 0 Å². The fraction of sp³-hybridized carbons (Fsp3) is 0.917. The van der Waals surface area contributed by atoms with Crippen molar-refractivity contribution in [2.45, 2.75) is 72.1 Å². The third-order valence-corrected chi connectivity index (χ3v) is 2.07. The fourth-order valence-corrected chi connectivity index (χ4v) is 2.37. The SMILES string of the molecule is CC(C)=O.CC1CC(C)(C)NC(C)(C)N1.